The number of hydrogen-bond donors (Lipinski definition) is 0. The molecule has 0 saturated carbocycles. The first-order valence-electron chi connectivity index (χ1n) is 6.04. The zero-order valence-corrected chi connectivity index (χ0v) is 10.8. The van der Waals surface area contributed by atoms with Gasteiger partial charge in [-0.25, -0.2) is 4.79 Å². The van der Waals surface area contributed by atoms with Crippen molar-refractivity contribution >= 4 is 5.97 Å². The predicted molar refractivity (Wildman–Crippen MR) is 69.9 cm³/mol. The Morgan fingerprint density at radius 3 is 2.59 bits per heavy atom. The Bertz CT molecular complexity index is 379. The molecule has 1 aromatic carbocycles. The van der Waals surface area contributed by atoms with Crippen molar-refractivity contribution in [3.05, 3.63) is 47.5 Å². The van der Waals surface area contributed by atoms with Crippen molar-refractivity contribution in [2.75, 3.05) is 6.61 Å². The molecule has 1 rings (SSSR count). The van der Waals surface area contributed by atoms with Gasteiger partial charge in [0.05, 0.1) is 6.61 Å². The summed E-state index contributed by atoms with van der Waals surface area (Å²) in [5.41, 5.74) is 1.98. The average molecular weight is 232 g/mol. The summed E-state index contributed by atoms with van der Waals surface area (Å²) in [6.07, 6.45) is 2.81. The minimum atomic E-state index is -0.215. The molecule has 0 amide bonds. The second-order valence-electron chi connectivity index (χ2n) is 4.16. The molecular weight excluding hydrogens is 212 g/mol. The van der Waals surface area contributed by atoms with Crippen molar-refractivity contribution in [2.24, 2.45) is 0 Å². The Kier molecular flexibility index (Phi) is 5.47. The third-order valence-electron chi connectivity index (χ3n) is 2.74. The lowest BCUT2D eigenvalue weighted by Crippen LogP contribution is -2.05. The summed E-state index contributed by atoms with van der Waals surface area (Å²) in [5, 5.41) is 0. The Balaban J connectivity index is 2.55. The largest absolute Gasteiger partial charge is 0.463 e. The Hall–Kier alpha value is -1.57. The molecule has 0 aliphatic rings. The summed E-state index contributed by atoms with van der Waals surface area (Å²) in [7, 11) is 0. The van der Waals surface area contributed by atoms with E-state index in [-0.39, 0.29) is 5.97 Å². The maximum atomic E-state index is 11.4. The Labute approximate surface area is 103 Å². The number of hydrogen-bond acceptors (Lipinski definition) is 2. The van der Waals surface area contributed by atoms with Crippen LogP contribution in [0.1, 0.15) is 38.7 Å². The molecule has 0 spiro atoms. The predicted octanol–water partition coefficient (Wildman–Crippen LogP) is 3.69. The number of ether oxygens (including phenoxy) is 1. The number of benzene rings is 1. The first-order valence-corrected chi connectivity index (χ1v) is 6.04. The smallest absolute Gasteiger partial charge is 0.333 e. The molecule has 0 saturated heterocycles. The van der Waals surface area contributed by atoms with Crippen LogP contribution in [0.25, 0.3) is 0 Å². The van der Waals surface area contributed by atoms with Gasteiger partial charge < -0.3 is 4.74 Å². The van der Waals surface area contributed by atoms with E-state index in [2.05, 4.69) is 19.1 Å². The number of rotatable bonds is 5. The molecular formula is C15H20O2. The van der Waals surface area contributed by atoms with Gasteiger partial charge in [-0.1, -0.05) is 43.3 Å². The molecule has 2 heteroatoms. The van der Waals surface area contributed by atoms with E-state index in [4.69, 9.17) is 4.74 Å². The van der Waals surface area contributed by atoms with Gasteiger partial charge >= 0.3 is 5.97 Å². The van der Waals surface area contributed by atoms with E-state index in [0.717, 1.165) is 6.42 Å². The highest BCUT2D eigenvalue weighted by Gasteiger charge is 2.06. The van der Waals surface area contributed by atoms with Crippen LogP contribution < -0.4 is 0 Å². The molecule has 1 atom stereocenters. The standard InChI is InChI=1S/C15H20O2/c1-4-17-15(16)13(3)11-10-12(2)14-8-6-5-7-9-14/h5-9,11-12H,4,10H2,1-3H3/b13-11-. The van der Waals surface area contributed by atoms with Gasteiger partial charge in [0.2, 0.25) is 0 Å². The minimum absolute atomic E-state index is 0.215. The summed E-state index contributed by atoms with van der Waals surface area (Å²) in [5.74, 6) is 0.202. The van der Waals surface area contributed by atoms with Crippen LogP contribution in [0.4, 0.5) is 0 Å². The molecule has 0 N–H and O–H groups in total. The second-order valence-corrected chi connectivity index (χ2v) is 4.16. The van der Waals surface area contributed by atoms with Gasteiger partial charge in [-0.05, 0) is 31.7 Å². The third-order valence-corrected chi connectivity index (χ3v) is 2.74. The summed E-state index contributed by atoms with van der Waals surface area (Å²) in [6, 6.07) is 10.3. The number of carbonyl (C=O) groups is 1. The van der Waals surface area contributed by atoms with Gasteiger partial charge in [0, 0.05) is 5.57 Å². The number of allylic oxidation sites excluding steroid dienone is 1. The van der Waals surface area contributed by atoms with Crippen LogP contribution in [0.2, 0.25) is 0 Å². The van der Waals surface area contributed by atoms with E-state index in [1.807, 2.05) is 31.2 Å². The van der Waals surface area contributed by atoms with Crippen molar-refractivity contribution in [3.8, 4) is 0 Å². The molecule has 17 heavy (non-hydrogen) atoms. The molecule has 0 bridgehead atoms. The Morgan fingerprint density at radius 1 is 1.35 bits per heavy atom. The summed E-state index contributed by atoms with van der Waals surface area (Å²) in [6.45, 7) is 6.20. The zero-order chi connectivity index (χ0) is 12.7. The van der Waals surface area contributed by atoms with Gasteiger partial charge in [-0.3, -0.25) is 0 Å². The minimum Gasteiger partial charge on any atom is -0.463 e. The highest BCUT2D eigenvalue weighted by molar-refractivity contribution is 5.87. The maximum absolute atomic E-state index is 11.4. The molecule has 0 radical (unpaired) electrons. The zero-order valence-electron chi connectivity index (χ0n) is 10.8. The molecule has 0 fully saturated rings. The molecule has 1 unspecified atom stereocenters. The van der Waals surface area contributed by atoms with E-state index in [0.29, 0.717) is 18.1 Å². The van der Waals surface area contributed by atoms with Gasteiger partial charge in [-0.2, -0.15) is 0 Å². The summed E-state index contributed by atoms with van der Waals surface area (Å²) >= 11 is 0. The van der Waals surface area contributed by atoms with Crippen molar-refractivity contribution in [1.82, 2.24) is 0 Å². The quantitative estimate of drug-likeness (QED) is 0.571. The van der Waals surface area contributed by atoms with E-state index >= 15 is 0 Å². The van der Waals surface area contributed by atoms with Crippen molar-refractivity contribution in [1.29, 1.82) is 0 Å². The van der Waals surface area contributed by atoms with Crippen LogP contribution in [0.5, 0.6) is 0 Å². The molecule has 0 aliphatic heterocycles. The van der Waals surface area contributed by atoms with E-state index in [1.54, 1.807) is 6.92 Å². The molecule has 0 aliphatic carbocycles. The molecule has 0 heterocycles. The van der Waals surface area contributed by atoms with E-state index < -0.39 is 0 Å². The van der Waals surface area contributed by atoms with E-state index in [1.165, 1.54) is 5.56 Å². The average Bonchev–Trinajstić information content (AvgIpc) is 2.36. The lowest BCUT2D eigenvalue weighted by Gasteiger charge is -2.09. The van der Waals surface area contributed by atoms with Crippen LogP contribution in [0, 0.1) is 0 Å². The lowest BCUT2D eigenvalue weighted by atomic mass is 9.97. The van der Waals surface area contributed by atoms with E-state index in [9.17, 15) is 4.79 Å². The number of esters is 1. The Morgan fingerprint density at radius 2 is 2.00 bits per heavy atom. The van der Waals surface area contributed by atoms with Crippen LogP contribution >= 0.6 is 0 Å². The monoisotopic (exact) mass is 232 g/mol. The fourth-order valence-corrected chi connectivity index (χ4v) is 1.60. The molecule has 1 aromatic rings. The van der Waals surface area contributed by atoms with Crippen LogP contribution in [-0.2, 0) is 9.53 Å². The SMILES string of the molecule is CCOC(=O)/C(C)=C\CC(C)c1ccccc1. The van der Waals surface area contributed by atoms with Crippen LogP contribution in [0.3, 0.4) is 0 Å². The normalized spacial score (nSPS) is 13.2. The molecule has 2 nitrogen and oxygen atoms in total. The fraction of sp³-hybridized carbons (Fsp3) is 0.400. The lowest BCUT2D eigenvalue weighted by molar-refractivity contribution is -0.138. The van der Waals surface area contributed by atoms with Crippen molar-refractivity contribution < 1.29 is 9.53 Å². The van der Waals surface area contributed by atoms with Gasteiger partial charge in [-0.15, -0.1) is 0 Å². The summed E-state index contributed by atoms with van der Waals surface area (Å²) < 4.78 is 4.93. The van der Waals surface area contributed by atoms with Crippen molar-refractivity contribution in [2.45, 2.75) is 33.1 Å². The van der Waals surface area contributed by atoms with Crippen LogP contribution in [-0.4, -0.2) is 12.6 Å². The first kappa shape index (κ1) is 13.5. The molecule has 92 valence electrons. The third kappa shape index (κ3) is 4.43. The van der Waals surface area contributed by atoms with Crippen molar-refractivity contribution in [3.63, 3.8) is 0 Å². The van der Waals surface area contributed by atoms with Crippen LogP contribution in [0.15, 0.2) is 42.0 Å². The van der Waals surface area contributed by atoms with Gasteiger partial charge in [0.1, 0.15) is 0 Å². The maximum Gasteiger partial charge on any atom is 0.333 e. The fourth-order valence-electron chi connectivity index (χ4n) is 1.60. The molecule has 0 aromatic heterocycles. The number of carbonyl (C=O) groups excluding carboxylic acids is 1. The topological polar surface area (TPSA) is 26.3 Å². The second kappa shape index (κ2) is 6.89. The summed E-state index contributed by atoms with van der Waals surface area (Å²) in [4.78, 5) is 11.4. The highest BCUT2D eigenvalue weighted by atomic mass is 16.5. The van der Waals surface area contributed by atoms with Gasteiger partial charge in [0.15, 0.2) is 0 Å². The highest BCUT2D eigenvalue weighted by Crippen LogP contribution is 2.19. The van der Waals surface area contributed by atoms with Gasteiger partial charge in [0.25, 0.3) is 0 Å². The first-order chi connectivity index (χ1) is 8.15.